The van der Waals surface area contributed by atoms with Gasteiger partial charge in [-0.2, -0.15) is 0 Å². The molecule has 0 aliphatic heterocycles. The van der Waals surface area contributed by atoms with E-state index in [-0.39, 0.29) is 11.5 Å². The largest absolute Gasteiger partial charge is 0.317 e. The van der Waals surface area contributed by atoms with Gasteiger partial charge in [-0.1, -0.05) is 39.3 Å². The van der Waals surface area contributed by atoms with Crippen LogP contribution in [-0.4, -0.2) is 4.57 Å². The summed E-state index contributed by atoms with van der Waals surface area (Å²) >= 11 is 5.81. The Kier molecular flexibility index (Phi) is 5.55. The van der Waals surface area contributed by atoms with Gasteiger partial charge in [0.1, 0.15) is 0 Å². The van der Waals surface area contributed by atoms with Crippen molar-refractivity contribution in [2.24, 2.45) is 7.05 Å². The van der Waals surface area contributed by atoms with E-state index < -0.39 is 0 Å². The summed E-state index contributed by atoms with van der Waals surface area (Å²) in [6.45, 7) is 7.96. The minimum Gasteiger partial charge on any atom is -0.317 e. The van der Waals surface area contributed by atoms with Crippen molar-refractivity contribution in [1.29, 1.82) is 0 Å². The molecule has 0 spiro atoms. The van der Waals surface area contributed by atoms with Crippen LogP contribution >= 0.6 is 11.6 Å². The minimum atomic E-state index is 0.0365. The lowest BCUT2D eigenvalue weighted by Gasteiger charge is -2.06. The van der Waals surface area contributed by atoms with Gasteiger partial charge in [-0.3, -0.25) is 4.79 Å². The first-order valence-corrected chi connectivity index (χ1v) is 5.26. The van der Waals surface area contributed by atoms with E-state index in [1.54, 1.807) is 19.3 Å². The Hall–Kier alpha value is -0.760. The maximum Gasteiger partial charge on any atom is 0.253 e. The van der Waals surface area contributed by atoms with Gasteiger partial charge in [-0.25, -0.2) is 0 Å². The fraction of sp³-hybridized carbons (Fsp3) is 0.545. The van der Waals surface area contributed by atoms with Crippen molar-refractivity contribution in [3.05, 3.63) is 33.2 Å². The Balaban J connectivity index is 0.000000791. The third kappa shape index (κ3) is 3.18. The van der Waals surface area contributed by atoms with Crippen molar-refractivity contribution in [3.63, 3.8) is 0 Å². The second kappa shape index (κ2) is 5.86. The van der Waals surface area contributed by atoms with Crippen LogP contribution in [0.15, 0.2) is 17.1 Å². The molecule has 0 aromatic carbocycles. The first kappa shape index (κ1) is 13.2. The zero-order chi connectivity index (χ0) is 11.3. The minimum absolute atomic E-state index is 0.0365. The molecular weight excluding hydrogens is 198 g/mol. The van der Waals surface area contributed by atoms with Crippen molar-refractivity contribution in [3.8, 4) is 0 Å². The number of aromatic nitrogens is 1. The van der Waals surface area contributed by atoms with E-state index in [9.17, 15) is 4.79 Å². The number of aryl methyl sites for hydroxylation is 1. The molecule has 0 atom stereocenters. The molecule has 1 aromatic heterocycles. The fourth-order valence-electron chi connectivity index (χ4n) is 1.11. The maximum atomic E-state index is 11.5. The molecule has 1 rings (SSSR count). The number of nitrogens with zero attached hydrogens (tertiary/aromatic N) is 1. The van der Waals surface area contributed by atoms with Crippen molar-refractivity contribution in [2.75, 3.05) is 0 Å². The molecule has 2 nitrogen and oxygen atoms in total. The molecule has 3 heteroatoms. The Morgan fingerprint density at radius 2 is 1.86 bits per heavy atom. The molecule has 14 heavy (non-hydrogen) atoms. The molecule has 0 amide bonds. The van der Waals surface area contributed by atoms with Crippen molar-refractivity contribution >= 4 is 11.6 Å². The lowest BCUT2D eigenvalue weighted by atomic mass is 10.1. The van der Waals surface area contributed by atoms with Gasteiger partial charge in [0.2, 0.25) is 0 Å². The predicted octanol–water partition coefficient (Wildman–Crippen LogP) is 3.19. The van der Waals surface area contributed by atoms with Gasteiger partial charge in [0, 0.05) is 18.8 Å². The summed E-state index contributed by atoms with van der Waals surface area (Å²) in [6.07, 6.45) is 1.62. The first-order valence-electron chi connectivity index (χ1n) is 4.88. The van der Waals surface area contributed by atoms with E-state index in [1.807, 2.05) is 27.7 Å². The van der Waals surface area contributed by atoms with Crippen LogP contribution in [0, 0.1) is 0 Å². The van der Waals surface area contributed by atoms with Crippen molar-refractivity contribution in [1.82, 2.24) is 4.57 Å². The van der Waals surface area contributed by atoms with Crippen LogP contribution in [0.4, 0.5) is 0 Å². The summed E-state index contributed by atoms with van der Waals surface area (Å²) in [5.74, 6) is 0.224. The molecular formula is C11H18ClNO. The van der Waals surface area contributed by atoms with Crippen LogP contribution in [0.3, 0.4) is 0 Å². The fourth-order valence-corrected chi connectivity index (χ4v) is 1.37. The molecule has 0 radical (unpaired) electrons. The molecule has 0 saturated heterocycles. The third-order valence-electron chi connectivity index (χ3n) is 1.80. The van der Waals surface area contributed by atoms with Crippen LogP contribution in [-0.2, 0) is 7.05 Å². The molecule has 0 unspecified atom stereocenters. The van der Waals surface area contributed by atoms with E-state index in [2.05, 4.69) is 0 Å². The van der Waals surface area contributed by atoms with E-state index >= 15 is 0 Å². The number of halogens is 1. The van der Waals surface area contributed by atoms with Crippen molar-refractivity contribution < 1.29 is 0 Å². The van der Waals surface area contributed by atoms with Gasteiger partial charge in [-0.05, 0) is 12.0 Å². The van der Waals surface area contributed by atoms with Gasteiger partial charge < -0.3 is 4.57 Å². The number of pyridine rings is 1. The number of rotatable bonds is 1. The van der Waals surface area contributed by atoms with Crippen molar-refractivity contribution in [2.45, 2.75) is 33.6 Å². The van der Waals surface area contributed by atoms with Gasteiger partial charge >= 0.3 is 0 Å². The lowest BCUT2D eigenvalue weighted by molar-refractivity contribution is 0.780. The highest BCUT2D eigenvalue weighted by molar-refractivity contribution is 6.30. The molecule has 1 heterocycles. The Morgan fingerprint density at radius 1 is 1.36 bits per heavy atom. The summed E-state index contributed by atoms with van der Waals surface area (Å²) in [7, 11) is 1.71. The average molecular weight is 216 g/mol. The normalized spacial score (nSPS) is 9.64. The van der Waals surface area contributed by atoms with E-state index in [4.69, 9.17) is 11.6 Å². The Morgan fingerprint density at radius 3 is 2.29 bits per heavy atom. The van der Waals surface area contributed by atoms with Crippen LogP contribution in [0.5, 0.6) is 0 Å². The standard InChI is InChI=1S/C9H12ClNO.C2H6/c1-6(2)8-4-7(10)5-11(3)9(8)12;1-2/h4-6H,1-3H3;1-2H3. The molecule has 0 bridgehead atoms. The van der Waals surface area contributed by atoms with Crippen LogP contribution in [0.1, 0.15) is 39.2 Å². The zero-order valence-corrected chi connectivity index (χ0v) is 10.2. The Labute approximate surface area is 90.5 Å². The number of hydrogen-bond acceptors (Lipinski definition) is 1. The van der Waals surface area contributed by atoms with E-state index in [1.165, 1.54) is 4.57 Å². The SMILES string of the molecule is CC.CC(C)c1cc(Cl)cn(C)c1=O. The zero-order valence-electron chi connectivity index (χ0n) is 9.47. The monoisotopic (exact) mass is 215 g/mol. The summed E-state index contributed by atoms with van der Waals surface area (Å²) in [5.41, 5.74) is 0.805. The van der Waals surface area contributed by atoms with E-state index in [0.29, 0.717) is 5.02 Å². The smallest absolute Gasteiger partial charge is 0.253 e. The Bertz CT molecular complexity index is 342. The highest BCUT2D eigenvalue weighted by atomic mass is 35.5. The summed E-state index contributed by atoms with van der Waals surface area (Å²) in [6, 6.07) is 1.73. The molecule has 0 aliphatic carbocycles. The molecule has 1 aromatic rings. The molecule has 0 saturated carbocycles. The van der Waals surface area contributed by atoms with Gasteiger partial charge in [0.25, 0.3) is 5.56 Å². The molecule has 0 N–H and O–H groups in total. The highest BCUT2D eigenvalue weighted by Gasteiger charge is 2.06. The second-order valence-corrected chi connectivity index (χ2v) is 3.62. The quantitative estimate of drug-likeness (QED) is 0.705. The maximum absolute atomic E-state index is 11.5. The summed E-state index contributed by atoms with van der Waals surface area (Å²) in [4.78, 5) is 11.5. The molecule has 80 valence electrons. The summed E-state index contributed by atoms with van der Waals surface area (Å²) in [5, 5.41) is 0.612. The van der Waals surface area contributed by atoms with Gasteiger partial charge in [-0.15, -0.1) is 0 Å². The van der Waals surface area contributed by atoms with Gasteiger partial charge in [0.05, 0.1) is 5.02 Å². The van der Waals surface area contributed by atoms with Crippen LogP contribution in [0.25, 0.3) is 0 Å². The van der Waals surface area contributed by atoms with Gasteiger partial charge in [0.15, 0.2) is 0 Å². The topological polar surface area (TPSA) is 22.0 Å². The van der Waals surface area contributed by atoms with Crippen LogP contribution < -0.4 is 5.56 Å². The molecule has 0 aliphatic rings. The molecule has 0 fully saturated rings. The highest BCUT2D eigenvalue weighted by Crippen LogP contribution is 2.14. The average Bonchev–Trinajstić information content (AvgIpc) is 2.14. The second-order valence-electron chi connectivity index (χ2n) is 3.18. The lowest BCUT2D eigenvalue weighted by Crippen LogP contribution is -2.21. The summed E-state index contributed by atoms with van der Waals surface area (Å²) < 4.78 is 1.51. The predicted molar refractivity (Wildman–Crippen MR) is 62.1 cm³/mol. The number of hydrogen-bond donors (Lipinski definition) is 0. The third-order valence-corrected chi connectivity index (χ3v) is 2.01. The first-order chi connectivity index (χ1) is 6.52. The van der Waals surface area contributed by atoms with E-state index in [0.717, 1.165) is 5.56 Å². The van der Waals surface area contributed by atoms with Crippen LogP contribution in [0.2, 0.25) is 5.02 Å².